The van der Waals surface area contributed by atoms with Gasteiger partial charge in [0, 0.05) is 24.0 Å². The molecule has 0 unspecified atom stereocenters. The molecule has 74 valence electrons. The van der Waals surface area contributed by atoms with Crippen molar-refractivity contribution in [3.05, 3.63) is 29.8 Å². The highest BCUT2D eigenvalue weighted by atomic mass is 15.1. The summed E-state index contributed by atoms with van der Waals surface area (Å²) in [5.41, 5.74) is 1.77. The van der Waals surface area contributed by atoms with Gasteiger partial charge in [0.15, 0.2) is 0 Å². The minimum atomic E-state index is 0.513. The van der Waals surface area contributed by atoms with Crippen LogP contribution in [0.15, 0.2) is 18.6 Å². The predicted octanol–water partition coefficient (Wildman–Crippen LogP) is 1.87. The van der Waals surface area contributed by atoms with Crippen molar-refractivity contribution >= 4 is 5.78 Å². The molecule has 0 atom stereocenters. The SMILES string of the molecule is N#Cc1cnc2nccn2c1C1CCC1. The summed E-state index contributed by atoms with van der Waals surface area (Å²) in [6, 6.07) is 2.22. The second-order valence-corrected chi connectivity index (χ2v) is 3.89. The molecule has 4 heteroatoms. The molecule has 0 aliphatic heterocycles. The van der Waals surface area contributed by atoms with Gasteiger partial charge < -0.3 is 0 Å². The molecular formula is C11H10N4. The van der Waals surface area contributed by atoms with Crippen molar-refractivity contribution in [2.45, 2.75) is 25.2 Å². The van der Waals surface area contributed by atoms with E-state index in [4.69, 9.17) is 5.26 Å². The highest BCUT2D eigenvalue weighted by Crippen LogP contribution is 2.37. The number of hydrogen-bond donors (Lipinski definition) is 0. The summed E-state index contributed by atoms with van der Waals surface area (Å²) >= 11 is 0. The van der Waals surface area contributed by atoms with Gasteiger partial charge in [0.05, 0.1) is 11.8 Å². The van der Waals surface area contributed by atoms with Crippen LogP contribution >= 0.6 is 0 Å². The van der Waals surface area contributed by atoms with Crippen molar-refractivity contribution in [1.29, 1.82) is 5.26 Å². The topological polar surface area (TPSA) is 54.0 Å². The Kier molecular flexibility index (Phi) is 1.72. The molecule has 2 heterocycles. The van der Waals surface area contributed by atoms with Gasteiger partial charge >= 0.3 is 0 Å². The van der Waals surface area contributed by atoms with Crippen LogP contribution in [0.2, 0.25) is 0 Å². The second-order valence-electron chi connectivity index (χ2n) is 3.89. The molecule has 3 rings (SSSR count). The first-order chi connectivity index (χ1) is 7.40. The Hall–Kier alpha value is -1.89. The summed E-state index contributed by atoms with van der Waals surface area (Å²) in [7, 11) is 0. The Labute approximate surface area is 87.2 Å². The summed E-state index contributed by atoms with van der Waals surface area (Å²) in [5.74, 6) is 1.20. The van der Waals surface area contributed by atoms with Crippen LogP contribution in [-0.2, 0) is 0 Å². The molecule has 0 amide bonds. The third-order valence-electron chi connectivity index (χ3n) is 3.08. The van der Waals surface area contributed by atoms with Crippen molar-refractivity contribution in [1.82, 2.24) is 14.4 Å². The van der Waals surface area contributed by atoms with E-state index < -0.39 is 0 Å². The van der Waals surface area contributed by atoms with Gasteiger partial charge in [-0.3, -0.25) is 4.40 Å². The lowest BCUT2D eigenvalue weighted by Crippen LogP contribution is -2.15. The Morgan fingerprint density at radius 2 is 2.27 bits per heavy atom. The fourth-order valence-corrected chi connectivity index (χ4v) is 2.08. The van der Waals surface area contributed by atoms with Crippen molar-refractivity contribution in [3.63, 3.8) is 0 Å². The third kappa shape index (κ3) is 1.13. The van der Waals surface area contributed by atoms with Gasteiger partial charge in [-0.25, -0.2) is 9.97 Å². The molecule has 2 aromatic rings. The Balaban J connectivity index is 2.29. The normalized spacial score (nSPS) is 16.2. The van der Waals surface area contributed by atoms with Gasteiger partial charge in [-0.1, -0.05) is 6.42 Å². The fourth-order valence-electron chi connectivity index (χ4n) is 2.08. The first-order valence-corrected chi connectivity index (χ1v) is 5.12. The maximum Gasteiger partial charge on any atom is 0.233 e. The van der Waals surface area contributed by atoms with Crippen LogP contribution in [0.4, 0.5) is 0 Å². The fraction of sp³-hybridized carbons (Fsp3) is 0.364. The number of hydrogen-bond acceptors (Lipinski definition) is 3. The van der Waals surface area contributed by atoms with Gasteiger partial charge in [0.25, 0.3) is 0 Å². The largest absolute Gasteiger partial charge is 0.287 e. The van der Waals surface area contributed by atoms with E-state index in [1.54, 1.807) is 12.4 Å². The molecular weight excluding hydrogens is 188 g/mol. The van der Waals surface area contributed by atoms with E-state index in [1.807, 2.05) is 10.6 Å². The van der Waals surface area contributed by atoms with Crippen LogP contribution in [0.1, 0.15) is 36.4 Å². The summed E-state index contributed by atoms with van der Waals surface area (Å²) in [6.45, 7) is 0. The minimum Gasteiger partial charge on any atom is -0.287 e. The van der Waals surface area contributed by atoms with E-state index in [0.717, 1.165) is 5.69 Å². The predicted molar refractivity (Wildman–Crippen MR) is 54.3 cm³/mol. The van der Waals surface area contributed by atoms with Crippen molar-refractivity contribution in [2.24, 2.45) is 0 Å². The maximum absolute atomic E-state index is 9.06. The van der Waals surface area contributed by atoms with Crippen LogP contribution < -0.4 is 0 Å². The molecule has 0 N–H and O–H groups in total. The zero-order valence-electron chi connectivity index (χ0n) is 8.22. The van der Waals surface area contributed by atoms with Crippen molar-refractivity contribution < 1.29 is 0 Å². The minimum absolute atomic E-state index is 0.513. The van der Waals surface area contributed by atoms with Gasteiger partial charge in [0.2, 0.25) is 5.78 Å². The quantitative estimate of drug-likeness (QED) is 0.702. The molecule has 0 aromatic carbocycles. The van der Waals surface area contributed by atoms with Crippen molar-refractivity contribution in [2.75, 3.05) is 0 Å². The molecule has 0 bridgehead atoms. The first-order valence-electron chi connectivity index (χ1n) is 5.12. The summed E-state index contributed by atoms with van der Waals surface area (Å²) in [6.07, 6.45) is 8.85. The van der Waals surface area contributed by atoms with Crippen molar-refractivity contribution in [3.8, 4) is 6.07 Å². The highest BCUT2D eigenvalue weighted by Gasteiger charge is 2.25. The van der Waals surface area contributed by atoms with E-state index in [0.29, 0.717) is 17.3 Å². The Morgan fingerprint density at radius 3 is 2.93 bits per heavy atom. The van der Waals surface area contributed by atoms with Crippen LogP contribution in [0.25, 0.3) is 5.78 Å². The third-order valence-corrected chi connectivity index (χ3v) is 3.08. The lowest BCUT2D eigenvalue weighted by molar-refractivity contribution is 0.407. The zero-order chi connectivity index (χ0) is 10.3. The van der Waals surface area contributed by atoms with Crippen LogP contribution in [-0.4, -0.2) is 14.4 Å². The molecule has 4 nitrogen and oxygen atoms in total. The number of fused-ring (bicyclic) bond motifs is 1. The zero-order valence-corrected chi connectivity index (χ0v) is 8.22. The van der Waals surface area contributed by atoms with E-state index in [9.17, 15) is 0 Å². The lowest BCUT2D eigenvalue weighted by atomic mass is 9.81. The van der Waals surface area contributed by atoms with Gasteiger partial charge in [-0.2, -0.15) is 5.26 Å². The average molecular weight is 198 g/mol. The molecule has 1 aliphatic rings. The molecule has 0 radical (unpaired) electrons. The van der Waals surface area contributed by atoms with E-state index in [1.165, 1.54) is 19.3 Å². The van der Waals surface area contributed by atoms with Crippen LogP contribution in [0.3, 0.4) is 0 Å². The molecule has 1 saturated carbocycles. The molecule has 2 aromatic heterocycles. The van der Waals surface area contributed by atoms with E-state index >= 15 is 0 Å². The van der Waals surface area contributed by atoms with Gasteiger partial charge in [-0.15, -0.1) is 0 Å². The van der Waals surface area contributed by atoms with Crippen LogP contribution in [0, 0.1) is 11.3 Å². The molecule has 15 heavy (non-hydrogen) atoms. The molecule has 0 spiro atoms. The van der Waals surface area contributed by atoms with Gasteiger partial charge in [0.1, 0.15) is 6.07 Å². The number of imidazole rings is 1. The Bertz CT molecular complexity index is 545. The standard InChI is InChI=1S/C11H10N4/c12-6-9-7-14-11-13-4-5-15(11)10(9)8-2-1-3-8/h4-5,7-8H,1-3H2. The smallest absolute Gasteiger partial charge is 0.233 e. The van der Waals surface area contributed by atoms with Gasteiger partial charge in [-0.05, 0) is 12.8 Å². The lowest BCUT2D eigenvalue weighted by Gasteiger charge is -2.26. The number of nitriles is 1. The molecule has 0 saturated heterocycles. The van der Waals surface area contributed by atoms with E-state index in [-0.39, 0.29) is 0 Å². The molecule has 1 fully saturated rings. The van der Waals surface area contributed by atoms with Crippen LogP contribution in [0.5, 0.6) is 0 Å². The maximum atomic E-state index is 9.06. The molecule has 1 aliphatic carbocycles. The first kappa shape index (κ1) is 8.42. The number of rotatable bonds is 1. The Morgan fingerprint density at radius 1 is 1.40 bits per heavy atom. The number of aromatic nitrogens is 3. The summed E-state index contributed by atoms with van der Waals surface area (Å²) < 4.78 is 1.95. The highest BCUT2D eigenvalue weighted by molar-refractivity contribution is 5.42. The summed E-state index contributed by atoms with van der Waals surface area (Å²) in [5, 5.41) is 9.06. The van der Waals surface area contributed by atoms with E-state index in [2.05, 4.69) is 16.0 Å². The monoisotopic (exact) mass is 198 g/mol. The summed E-state index contributed by atoms with van der Waals surface area (Å²) in [4.78, 5) is 8.28. The second kappa shape index (κ2) is 3.06. The average Bonchev–Trinajstić information content (AvgIpc) is 2.63. The number of nitrogens with zero attached hydrogens (tertiary/aromatic N) is 4.